The number of aryl methyl sites for hydroxylation is 2. The Morgan fingerprint density at radius 1 is 0.837 bits per heavy atom. The summed E-state index contributed by atoms with van der Waals surface area (Å²) in [4.78, 5) is 12.7. The first kappa shape index (κ1) is 31.9. The van der Waals surface area contributed by atoms with Crippen LogP contribution in [0.5, 0.6) is 0 Å². The molecule has 8 nitrogen and oxygen atoms in total. The van der Waals surface area contributed by atoms with E-state index in [1.54, 1.807) is 25.1 Å². The monoisotopic (exact) mass is 651 g/mol. The number of carbonyl (C=O) groups is 1. The number of hydrogen-bond donors (Lipinski definition) is 2. The molecule has 0 fully saturated rings. The number of rotatable bonds is 9. The van der Waals surface area contributed by atoms with E-state index in [1.165, 1.54) is 48.5 Å². The van der Waals surface area contributed by atoms with Gasteiger partial charge in [0, 0.05) is 5.69 Å². The Labute approximate surface area is 252 Å². The summed E-state index contributed by atoms with van der Waals surface area (Å²) < 4.78 is 96.4. The highest BCUT2D eigenvalue weighted by atomic mass is 35.5. The molecule has 0 aliphatic carbocycles. The molecule has 0 aromatic heterocycles. The van der Waals surface area contributed by atoms with Gasteiger partial charge < -0.3 is 5.32 Å². The highest BCUT2D eigenvalue weighted by Crippen LogP contribution is 2.38. The van der Waals surface area contributed by atoms with Crippen molar-refractivity contribution in [2.75, 3.05) is 20.9 Å². The second kappa shape index (κ2) is 12.3. The first-order valence-electron chi connectivity index (χ1n) is 12.5. The number of carbonyl (C=O) groups excluding carboxylic acids is 1. The Morgan fingerprint density at radius 2 is 1.49 bits per heavy atom. The lowest BCUT2D eigenvalue weighted by Gasteiger charge is -2.25. The quantitative estimate of drug-likeness (QED) is 0.212. The van der Waals surface area contributed by atoms with Gasteiger partial charge in [-0.1, -0.05) is 47.5 Å². The lowest BCUT2D eigenvalue weighted by molar-refractivity contribution is -0.137. The van der Waals surface area contributed by atoms with E-state index in [0.717, 1.165) is 23.3 Å². The molecule has 0 saturated heterocycles. The van der Waals surface area contributed by atoms with Crippen LogP contribution in [0, 0.1) is 13.8 Å². The van der Waals surface area contributed by atoms with Crippen molar-refractivity contribution in [2.24, 2.45) is 0 Å². The molecule has 0 aliphatic rings. The van der Waals surface area contributed by atoms with E-state index in [9.17, 15) is 34.8 Å². The van der Waals surface area contributed by atoms with Gasteiger partial charge in [0.05, 0.1) is 31.8 Å². The molecular formula is C29H25ClF3N3O5S2. The number of hydrogen-bond acceptors (Lipinski definition) is 5. The van der Waals surface area contributed by atoms with Gasteiger partial charge in [0.1, 0.15) is 6.54 Å². The van der Waals surface area contributed by atoms with Crippen molar-refractivity contribution in [3.8, 4) is 0 Å². The maximum Gasteiger partial charge on any atom is 0.417 e. The van der Waals surface area contributed by atoms with Gasteiger partial charge in [-0.05, 0) is 80.1 Å². The van der Waals surface area contributed by atoms with Gasteiger partial charge in [0.15, 0.2) is 0 Å². The van der Waals surface area contributed by atoms with E-state index in [1.807, 2.05) is 13.0 Å². The van der Waals surface area contributed by atoms with Crippen LogP contribution in [0.2, 0.25) is 5.02 Å². The van der Waals surface area contributed by atoms with Crippen LogP contribution in [0.3, 0.4) is 0 Å². The summed E-state index contributed by atoms with van der Waals surface area (Å²) in [5.41, 5.74) is 0.512. The number of nitrogens with one attached hydrogen (secondary N) is 2. The third-order valence-corrected chi connectivity index (χ3v) is 9.74. The number of anilines is 3. The number of benzene rings is 4. The minimum atomic E-state index is -4.88. The molecule has 4 aromatic rings. The summed E-state index contributed by atoms with van der Waals surface area (Å²) in [6.45, 7) is 2.74. The van der Waals surface area contributed by atoms with Gasteiger partial charge in [-0.15, -0.1) is 0 Å². The Morgan fingerprint density at radius 3 is 2.09 bits per heavy atom. The van der Waals surface area contributed by atoms with Crippen LogP contribution in [0.4, 0.5) is 30.2 Å². The Bertz CT molecular complexity index is 1870. The minimum absolute atomic E-state index is 0.0976. The Hall–Kier alpha value is -4.07. The predicted octanol–water partition coefficient (Wildman–Crippen LogP) is 6.61. The van der Waals surface area contributed by atoms with Gasteiger partial charge in [0.25, 0.3) is 20.0 Å². The minimum Gasteiger partial charge on any atom is -0.325 e. The summed E-state index contributed by atoms with van der Waals surface area (Å²) in [5.74, 6) is -0.896. The summed E-state index contributed by atoms with van der Waals surface area (Å²) >= 11 is 5.72. The molecule has 14 heteroatoms. The highest BCUT2D eigenvalue weighted by molar-refractivity contribution is 7.93. The highest BCUT2D eigenvalue weighted by Gasteiger charge is 2.35. The largest absolute Gasteiger partial charge is 0.417 e. The predicted molar refractivity (Wildman–Crippen MR) is 159 cm³/mol. The third-order valence-electron chi connectivity index (χ3n) is 6.24. The number of nitrogens with zero attached hydrogens (tertiary/aromatic N) is 1. The SMILES string of the molecule is Cc1ccc(NS(=O)(=O)c2ccc(NC(=O)CN(c3ccc(Cl)c(C(F)(F)F)c3)S(=O)(=O)c3ccccc3)cc2)c(C)c1. The molecule has 2 N–H and O–H groups in total. The zero-order chi connectivity index (χ0) is 31.6. The molecule has 1 amide bonds. The van der Waals surface area contributed by atoms with Crippen LogP contribution < -0.4 is 14.3 Å². The fourth-order valence-corrected chi connectivity index (χ4v) is 6.89. The van der Waals surface area contributed by atoms with Gasteiger partial charge in [-0.25, -0.2) is 16.8 Å². The summed E-state index contributed by atoms with van der Waals surface area (Å²) in [6.07, 6.45) is -4.88. The Balaban J connectivity index is 1.59. The molecule has 43 heavy (non-hydrogen) atoms. The maximum absolute atomic E-state index is 13.6. The topological polar surface area (TPSA) is 113 Å². The number of halogens is 4. The average molecular weight is 652 g/mol. The van der Waals surface area contributed by atoms with Crippen LogP contribution in [-0.4, -0.2) is 29.3 Å². The van der Waals surface area contributed by atoms with Crippen molar-refractivity contribution in [3.05, 3.63) is 113 Å². The molecule has 226 valence electrons. The number of amides is 1. The summed E-state index contributed by atoms with van der Waals surface area (Å²) in [7, 11) is -8.48. The smallest absolute Gasteiger partial charge is 0.325 e. The van der Waals surface area contributed by atoms with E-state index >= 15 is 0 Å². The fourth-order valence-electron chi connectivity index (χ4n) is 4.10. The average Bonchev–Trinajstić information content (AvgIpc) is 2.94. The van der Waals surface area contributed by atoms with Crippen molar-refractivity contribution >= 4 is 54.6 Å². The van der Waals surface area contributed by atoms with Crippen molar-refractivity contribution in [3.63, 3.8) is 0 Å². The third kappa shape index (κ3) is 7.48. The van der Waals surface area contributed by atoms with Crippen LogP contribution in [0.15, 0.2) is 101 Å². The van der Waals surface area contributed by atoms with Crippen molar-refractivity contribution in [1.82, 2.24) is 0 Å². The molecule has 0 bridgehead atoms. The molecule has 0 saturated carbocycles. The van der Waals surface area contributed by atoms with Gasteiger partial charge in [-0.3, -0.25) is 13.8 Å². The summed E-state index contributed by atoms with van der Waals surface area (Å²) in [5, 5.41) is 1.82. The fraction of sp³-hybridized carbons (Fsp3) is 0.138. The van der Waals surface area contributed by atoms with Crippen molar-refractivity contribution < 1.29 is 34.8 Å². The normalized spacial score (nSPS) is 12.0. The molecule has 0 spiro atoms. The second-order valence-corrected chi connectivity index (χ2v) is 13.4. The lowest BCUT2D eigenvalue weighted by atomic mass is 10.1. The molecule has 0 radical (unpaired) electrons. The van der Waals surface area contributed by atoms with E-state index in [2.05, 4.69) is 10.0 Å². The first-order valence-corrected chi connectivity index (χ1v) is 15.8. The zero-order valence-corrected chi connectivity index (χ0v) is 25.1. The van der Waals surface area contributed by atoms with E-state index < -0.39 is 54.9 Å². The van der Waals surface area contributed by atoms with Crippen molar-refractivity contribution in [2.45, 2.75) is 29.8 Å². The zero-order valence-electron chi connectivity index (χ0n) is 22.7. The summed E-state index contributed by atoms with van der Waals surface area (Å²) in [6, 6.07) is 19.7. The molecule has 4 rings (SSSR count). The van der Waals surface area contributed by atoms with Crippen LogP contribution in [0.25, 0.3) is 0 Å². The van der Waals surface area contributed by atoms with Gasteiger partial charge >= 0.3 is 6.18 Å². The second-order valence-electron chi connectivity index (χ2n) is 9.48. The van der Waals surface area contributed by atoms with Gasteiger partial charge in [-0.2, -0.15) is 13.2 Å². The molecular weight excluding hydrogens is 627 g/mol. The Kier molecular flexibility index (Phi) is 9.09. The molecule has 0 heterocycles. The van der Waals surface area contributed by atoms with Crippen LogP contribution >= 0.6 is 11.6 Å². The van der Waals surface area contributed by atoms with E-state index in [-0.39, 0.29) is 15.5 Å². The molecule has 4 aromatic carbocycles. The van der Waals surface area contributed by atoms with E-state index in [4.69, 9.17) is 11.6 Å². The van der Waals surface area contributed by atoms with Crippen LogP contribution in [-0.2, 0) is 31.0 Å². The van der Waals surface area contributed by atoms with E-state index in [0.29, 0.717) is 16.1 Å². The molecule has 0 unspecified atom stereocenters. The lowest BCUT2D eigenvalue weighted by Crippen LogP contribution is -2.38. The number of alkyl halides is 3. The maximum atomic E-state index is 13.6. The molecule has 0 atom stereocenters. The standard InChI is InChI=1S/C29H25ClF3N3O5S2/c1-19-8-15-27(20(2)16-19)35-42(38,39)23-12-9-21(10-13-23)34-28(37)18-36(43(40,41)24-6-4-3-5-7-24)22-11-14-26(30)25(17-22)29(31,32)33/h3-17,35H,18H2,1-2H3,(H,34,37). The van der Waals surface area contributed by atoms with Crippen LogP contribution in [0.1, 0.15) is 16.7 Å². The van der Waals surface area contributed by atoms with Gasteiger partial charge in [0.2, 0.25) is 5.91 Å². The number of sulfonamides is 2. The molecule has 0 aliphatic heterocycles. The van der Waals surface area contributed by atoms with Crippen molar-refractivity contribution in [1.29, 1.82) is 0 Å². The first-order chi connectivity index (χ1) is 20.1.